The highest BCUT2D eigenvalue weighted by molar-refractivity contribution is 5.99. The van der Waals surface area contributed by atoms with Gasteiger partial charge in [-0.05, 0) is 24.3 Å². The van der Waals surface area contributed by atoms with Gasteiger partial charge in [-0.25, -0.2) is 0 Å². The third-order valence-corrected chi connectivity index (χ3v) is 4.45. The highest BCUT2D eigenvalue weighted by Gasteiger charge is 2.50. The molecule has 0 saturated heterocycles. The zero-order chi connectivity index (χ0) is 14.3. The number of allylic oxidation sites excluding steroid dienone is 2. The Morgan fingerprint density at radius 3 is 2.21 bits per heavy atom. The van der Waals surface area contributed by atoms with Gasteiger partial charge in [-0.2, -0.15) is 0 Å². The van der Waals surface area contributed by atoms with Crippen molar-refractivity contribution in [3.05, 3.63) is 35.9 Å². The molecule has 0 heterocycles. The van der Waals surface area contributed by atoms with Gasteiger partial charge in [-0.15, -0.1) is 0 Å². The first-order valence-electron chi connectivity index (χ1n) is 6.33. The van der Waals surface area contributed by atoms with E-state index in [-0.39, 0.29) is 5.78 Å². The van der Waals surface area contributed by atoms with Gasteiger partial charge >= 0.3 is 0 Å². The van der Waals surface area contributed by atoms with Crippen molar-refractivity contribution in [3.63, 3.8) is 0 Å². The van der Waals surface area contributed by atoms with Crippen LogP contribution < -0.4 is 9.47 Å². The number of carbonyl (C=O) groups excluding carboxylic acids is 1. The monoisotopic (exact) mass is 260 g/mol. The molecule has 0 aromatic heterocycles. The van der Waals surface area contributed by atoms with Gasteiger partial charge in [-0.3, -0.25) is 4.79 Å². The number of rotatable bonds is 3. The molecular formula is C16H20O3. The Hall–Kier alpha value is -1.77. The molecule has 1 aliphatic carbocycles. The molecule has 0 amide bonds. The van der Waals surface area contributed by atoms with E-state index in [1.807, 2.05) is 38.1 Å². The molecular weight excluding hydrogens is 240 g/mol. The molecule has 0 aliphatic heterocycles. The third kappa shape index (κ3) is 1.84. The summed E-state index contributed by atoms with van der Waals surface area (Å²) in [6.45, 7) is 5.99. The van der Waals surface area contributed by atoms with Crippen molar-refractivity contribution in [3.8, 4) is 11.5 Å². The highest BCUT2D eigenvalue weighted by Crippen LogP contribution is 2.51. The van der Waals surface area contributed by atoms with Crippen LogP contribution in [0.15, 0.2) is 30.4 Å². The Balaban J connectivity index is 2.63. The van der Waals surface area contributed by atoms with E-state index in [1.165, 1.54) is 0 Å². The van der Waals surface area contributed by atoms with Gasteiger partial charge < -0.3 is 9.47 Å². The molecule has 1 aromatic rings. The fourth-order valence-electron chi connectivity index (χ4n) is 2.56. The number of hydrogen-bond donors (Lipinski definition) is 0. The normalized spacial score (nSPS) is 24.6. The van der Waals surface area contributed by atoms with E-state index >= 15 is 0 Å². The van der Waals surface area contributed by atoms with Crippen LogP contribution in [-0.2, 0) is 10.2 Å². The standard InChI is InChI=1S/C16H20O3/c1-15(2)14(17)8-9-16(15,3)12-10-11(18-4)6-7-13(12)19-5/h6-10H,1-5H3/t16-/m0/s1. The lowest BCUT2D eigenvalue weighted by atomic mass is 9.64. The lowest BCUT2D eigenvalue weighted by Gasteiger charge is -2.37. The highest BCUT2D eigenvalue weighted by atomic mass is 16.5. The fraction of sp³-hybridized carbons (Fsp3) is 0.438. The molecule has 0 spiro atoms. The van der Waals surface area contributed by atoms with Gasteiger partial charge in [0.25, 0.3) is 0 Å². The maximum atomic E-state index is 12.1. The molecule has 0 fully saturated rings. The van der Waals surface area contributed by atoms with Gasteiger partial charge in [-0.1, -0.05) is 26.8 Å². The van der Waals surface area contributed by atoms with Crippen LogP contribution in [0.4, 0.5) is 0 Å². The van der Waals surface area contributed by atoms with Crippen molar-refractivity contribution >= 4 is 5.78 Å². The second-order valence-electron chi connectivity index (χ2n) is 5.59. The van der Waals surface area contributed by atoms with Crippen LogP contribution in [0.5, 0.6) is 11.5 Å². The number of benzene rings is 1. The largest absolute Gasteiger partial charge is 0.497 e. The molecule has 0 saturated carbocycles. The summed E-state index contributed by atoms with van der Waals surface area (Å²) in [7, 11) is 3.27. The van der Waals surface area contributed by atoms with Gasteiger partial charge in [0.2, 0.25) is 0 Å². The summed E-state index contributed by atoms with van der Waals surface area (Å²) in [4.78, 5) is 12.1. The number of hydrogen-bond acceptors (Lipinski definition) is 3. The van der Waals surface area contributed by atoms with Crippen LogP contribution in [0.2, 0.25) is 0 Å². The maximum Gasteiger partial charge on any atom is 0.162 e. The number of ketones is 1. The van der Waals surface area contributed by atoms with E-state index in [0.29, 0.717) is 0 Å². The molecule has 0 bridgehead atoms. The summed E-state index contributed by atoms with van der Waals surface area (Å²) in [5.74, 6) is 1.68. The smallest absolute Gasteiger partial charge is 0.162 e. The average molecular weight is 260 g/mol. The van der Waals surface area contributed by atoms with Gasteiger partial charge in [0, 0.05) is 16.4 Å². The first-order chi connectivity index (χ1) is 8.86. The minimum absolute atomic E-state index is 0.139. The summed E-state index contributed by atoms with van der Waals surface area (Å²) in [6, 6.07) is 5.69. The Kier molecular flexibility index (Phi) is 3.17. The van der Waals surface area contributed by atoms with Gasteiger partial charge in [0.05, 0.1) is 14.2 Å². The lowest BCUT2D eigenvalue weighted by molar-refractivity contribution is -0.123. The summed E-state index contributed by atoms with van der Waals surface area (Å²) < 4.78 is 10.7. The molecule has 3 nitrogen and oxygen atoms in total. The summed E-state index contributed by atoms with van der Waals surface area (Å²) in [6.07, 6.45) is 3.63. The van der Waals surface area contributed by atoms with Crippen molar-refractivity contribution in [2.45, 2.75) is 26.2 Å². The minimum Gasteiger partial charge on any atom is -0.497 e. The Bertz CT molecular complexity index is 543. The SMILES string of the molecule is COc1ccc(OC)c([C@]2(C)C=CC(=O)C2(C)C)c1. The Labute approximate surface area is 114 Å². The second-order valence-corrected chi connectivity index (χ2v) is 5.59. The van der Waals surface area contributed by atoms with Crippen LogP contribution in [0.3, 0.4) is 0 Å². The Morgan fingerprint density at radius 1 is 1.05 bits per heavy atom. The minimum atomic E-state index is -0.493. The van der Waals surface area contributed by atoms with E-state index in [2.05, 4.69) is 6.92 Å². The molecule has 2 rings (SSSR count). The van der Waals surface area contributed by atoms with Crippen molar-refractivity contribution in [2.75, 3.05) is 14.2 Å². The molecule has 102 valence electrons. The van der Waals surface area contributed by atoms with E-state index in [9.17, 15) is 4.79 Å². The first kappa shape index (κ1) is 13.7. The molecule has 0 unspecified atom stereocenters. The van der Waals surface area contributed by atoms with Crippen molar-refractivity contribution in [1.29, 1.82) is 0 Å². The Morgan fingerprint density at radius 2 is 1.74 bits per heavy atom. The van der Waals surface area contributed by atoms with Gasteiger partial charge in [0.1, 0.15) is 11.5 Å². The topological polar surface area (TPSA) is 35.5 Å². The predicted octanol–water partition coefficient (Wildman–Crippen LogP) is 3.13. The summed E-state index contributed by atoms with van der Waals surface area (Å²) in [5, 5.41) is 0. The number of ether oxygens (including phenoxy) is 2. The molecule has 0 radical (unpaired) electrons. The van der Waals surface area contributed by atoms with Crippen molar-refractivity contribution < 1.29 is 14.3 Å². The van der Waals surface area contributed by atoms with E-state index in [0.717, 1.165) is 17.1 Å². The molecule has 0 N–H and O–H groups in total. The van der Waals surface area contributed by atoms with Gasteiger partial charge in [0.15, 0.2) is 5.78 Å². The zero-order valence-corrected chi connectivity index (χ0v) is 12.1. The van der Waals surface area contributed by atoms with E-state index in [1.54, 1.807) is 20.3 Å². The third-order valence-electron chi connectivity index (χ3n) is 4.45. The molecule has 19 heavy (non-hydrogen) atoms. The van der Waals surface area contributed by atoms with Crippen LogP contribution in [0.25, 0.3) is 0 Å². The summed E-state index contributed by atoms with van der Waals surface area (Å²) >= 11 is 0. The average Bonchev–Trinajstić information content (AvgIpc) is 2.62. The zero-order valence-electron chi connectivity index (χ0n) is 12.1. The van der Waals surface area contributed by atoms with Crippen LogP contribution in [0.1, 0.15) is 26.3 Å². The molecule has 1 aliphatic rings. The first-order valence-corrected chi connectivity index (χ1v) is 6.33. The van der Waals surface area contributed by atoms with Crippen LogP contribution in [0, 0.1) is 5.41 Å². The molecule has 1 aromatic carbocycles. The van der Waals surface area contributed by atoms with E-state index < -0.39 is 10.8 Å². The van der Waals surface area contributed by atoms with Crippen molar-refractivity contribution in [1.82, 2.24) is 0 Å². The second kappa shape index (κ2) is 4.41. The maximum absolute atomic E-state index is 12.1. The number of carbonyl (C=O) groups is 1. The van der Waals surface area contributed by atoms with Crippen LogP contribution >= 0.6 is 0 Å². The van der Waals surface area contributed by atoms with Crippen molar-refractivity contribution in [2.24, 2.45) is 5.41 Å². The predicted molar refractivity (Wildman–Crippen MR) is 74.8 cm³/mol. The van der Waals surface area contributed by atoms with Crippen LogP contribution in [-0.4, -0.2) is 20.0 Å². The van der Waals surface area contributed by atoms with E-state index in [4.69, 9.17) is 9.47 Å². The molecule has 3 heteroatoms. The summed E-state index contributed by atoms with van der Waals surface area (Å²) in [5.41, 5.74) is 0.0813. The quantitative estimate of drug-likeness (QED) is 0.837. The number of methoxy groups -OCH3 is 2. The fourth-order valence-corrected chi connectivity index (χ4v) is 2.56. The molecule has 1 atom stereocenters. The lowest BCUT2D eigenvalue weighted by Crippen LogP contribution is -2.39.